The number of carbonyl (C=O) groups excluding carboxylic acids is 2. The van der Waals surface area contributed by atoms with Gasteiger partial charge in [-0.05, 0) is 18.1 Å². The van der Waals surface area contributed by atoms with Crippen molar-refractivity contribution in [2.45, 2.75) is 32.9 Å². The van der Waals surface area contributed by atoms with Gasteiger partial charge in [0, 0.05) is 10.6 Å². The van der Waals surface area contributed by atoms with E-state index < -0.39 is 6.04 Å². The topological polar surface area (TPSA) is 64.3 Å². The summed E-state index contributed by atoms with van der Waals surface area (Å²) < 4.78 is 4.83. The quantitative estimate of drug-likeness (QED) is 0.510. The molecule has 1 saturated heterocycles. The summed E-state index contributed by atoms with van der Waals surface area (Å²) in [5.74, 6) is -0.399. The molecule has 27 heavy (non-hydrogen) atoms. The van der Waals surface area contributed by atoms with Crippen LogP contribution in [0.3, 0.4) is 0 Å². The third-order valence-electron chi connectivity index (χ3n) is 5.43. The molecule has 2 atom stereocenters. The van der Waals surface area contributed by atoms with Gasteiger partial charge in [0.05, 0.1) is 7.11 Å². The van der Waals surface area contributed by atoms with E-state index in [0.29, 0.717) is 6.54 Å². The van der Waals surface area contributed by atoms with Crippen LogP contribution in [0.2, 0.25) is 5.02 Å². The van der Waals surface area contributed by atoms with Crippen molar-refractivity contribution in [3.63, 3.8) is 0 Å². The number of amides is 1. The molecule has 0 saturated carbocycles. The van der Waals surface area contributed by atoms with Crippen LogP contribution in [-0.2, 0) is 20.9 Å². The molecule has 1 amide bonds. The van der Waals surface area contributed by atoms with Gasteiger partial charge in [-0.25, -0.2) is 4.79 Å². The number of hydrogen-bond acceptors (Lipinski definition) is 3. The fourth-order valence-corrected chi connectivity index (χ4v) is 3.58. The lowest BCUT2D eigenvalue weighted by atomic mass is 9.99. The van der Waals surface area contributed by atoms with Crippen molar-refractivity contribution < 1.29 is 24.1 Å². The summed E-state index contributed by atoms with van der Waals surface area (Å²) in [6.07, 6.45) is 0.805. The zero-order valence-corrected chi connectivity index (χ0v) is 17.3. The number of benzene rings is 1. The fourth-order valence-electron chi connectivity index (χ4n) is 3.45. The molecule has 1 fully saturated rings. The van der Waals surface area contributed by atoms with E-state index in [4.69, 9.17) is 16.3 Å². The number of ether oxygens (including phenoxy) is 1. The third kappa shape index (κ3) is 6.79. The van der Waals surface area contributed by atoms with Crippen molar-refractivity contribution >= 4 is 23.5 Å². The largest absolute Gasteiger partial charge is 0.467 e. The van der Waals surface area contributed by atoms with Crippen LogP contribution < -0.4 is 15.1 Å². The summed E-state index contributed by atoms with van der Waals surface area (Å²) in [5, 5.41) is 3.63. The maximum absolute atomic E-state index is 12.4. The van der Waals surface area contributed by atoms with Gasteiger partial charge in [-0.3, -0.25) is 4.79 Å². The minimum atomic E-state index is -0.566. The number of rotatable bonds is 8. The summed E-state index contributed by atoms with van der Waals surface area (Å²) >= 11 is 5.94. The van der Waals surface area contributed by atoms with Gasteiger partial charge in [0.2, 0.25) is 0 Å². The van der Waals surface area contributed by atoms with Crippen molar-refractivity contribution in [3.8, 4) is 0 Å². The first kappa shape index (κ1) is 21.7. The maximum atomic E-state index is 12.4. The molecule has 2 rings (SSSR count). The van der Waals surface area contributed by atoms with Crippen LogP contribution >= 0.6 is 11.6 Å². The third-order valence-corrected chi connectivity index (χ3v) is 5.68. The van der Waals surface area contributed by atoms with Gasteiger partial charge in [-0.15, -0.1) is 0 Å². The average molecular weight is 398 g/mol. The van der Waals surface area contributed by atoms with Crippen LogP contribution in [0.4, 0.5) is 0 Å². The summed E-state index contributed by atoms with van der Waals surface area (Å²) in [7, 11) is 1.36. The molecule has 3 N–H and O–H groups in total. The Hall–Kier alpha value is -1.63. The Bertz CT molecular complexity index is 615. The van der Waals surface area contributed by atoms with Crippen molar-refractivity contribution in [1.29, 1.82) is 0 Å². The number of carbonyl (C=O) groups is 2. The number of nitrogens with one attached hydrogen (secondary N) is 3. The Morgan fingerprint density at radius 2 is 1.74 bits per heavy atom. The molecule has 0 radical (unpaired) electrons. The molecule has 0 bridgehead atoms. The van der Waals surface area contributed by atoms with Crippen LogP contribution in [0.25, 0.3) is 0 Å². The van der Waals surface area contributed by atoms with Gasteiger partial charge >= 0.3 is 5.97 Å². The van der Waals surface area contributed by atoms with E-state index in [9.17, 15) is 9.59 Å². The zero-order valence-electron chi connectivity index (χ0n) is 16.5. The van der Waals surface area contributed by atoms with Gasteiger partial charge in [-0.1, -0.05) is 44.0 Å². The highest BCUT2D eigenvalue weighted by Crippen LogP contribution is 2.09. The Balaban J connectivity index is 1.77. The van der Waals surface area contributed by atoms with Gasteiger partial charge in [-0.2, -0.15) is 0 Å². The molecule has 150 valence electrons. The first-order chi connectivity index (χ1) is 12.9. The van der Waals surface area contributed by atoms with E-state index in [1.165, 1.54) is 22.5 Å². The van der Waals surface area contributed by atoms with Crippen molar-refractivity contribution in [2.75, 3.05) is 39.8 Å². The van der Waals surface area contributed by atoms with Gasteiger partial charge in [0.1, 0.15) is 38.8 Å². The second-order valence-corrected chi connectivity index (χ2v) is 7.87. The number of piperazine rings is 1. The van der Waals surface area contributed by atoms with Crippen LogP contribution in [0, 0.1) is 5.92 Å². The minimum absolute atomic E-state index is 0.0528. The number of quaternary nitrogens is 2. The predicted octanol–water partition coefficient (Wildman–Crippen LogP) is -0.673. The minimum Gasteiger partial charge on any atom is -0.467 e. The second kappa shape index (κ2) is 10.6. The van der Waals surface area contributed by atoms with E-state index >= 15 is 0 Å². The highest BCUT2D eigenvalue weighted by Gasteiger charge is 2.30. The van der Waals surface area contributed by atoms with Crippen LogP contribution in [0.5, 0.6) is 0 Å². The summed E-state index contributed by atoms with van der Waals surface area (Å²) in [6, 6.07) is 7.44. The first-order valence-electron chi connectivity index (χ1n) is 9.71. The number of halogens is 1. The lowest BCUT2D eigenvalue weighted by Crippen LogP contribution is -3.28. The standard InChI is InChI=1S/C20H30ClN3O3/c1-4-15(2)19(20(26)27-3)22-18(25)14-24-11-9-23(10-12-24)13-16-5-7-17(21)8-6-16/h5-8,15,19H,4,9-14H2,1-3H3,(H,22,25)/p+2/t15-,19-/m1/s1. The number of hydrogen-bond donors (Lipinski definition) is 3. The molecule has 1 heterocycles. The van der Waals surface area contributed by atoms with Crippen molar-refractivity contribution in [2.24, 2.45) is 5.92 Å². The molecule has 7 heteroatoms. The van der Waals surface area contributed by atoms with Gasteiger partial charge in [0.15, 0.2) is 6.54 Å². The van der Waals surface area contributed by atoms with Gasteiger partial charge < -0.3 is 19.9 Å². The fraction of sp³-hybridized carbons (Fsp3) is 0.600. The molecule has 1 aromatic rings. The maximum Gasteiger partial charge on any atom is 0.328 e. The lowest BCUT2D eigenvalue weighted by Gasteiger charge is -2.30. The molecular formula is C20H32ClN3O3+2. The van der Waals surface area contributed by atoms with E-state index in [-0.39, 0.29) is 17.8 Å². The molecule has 0 aromatic heterocycles. The summed E-state index contributed by atoms with van der Waals surface area (Å²) in [6.45, 7) is 9.28. The smallest absolute Gasteiger partial charge is 0.328 e. The molecule has 6 nitrogen and oxygen atoms in total. The Kier molecular flexibility index (Phi) is 8.54. The van der Waals surface area contributed by atoms with E-state index in [1.807, 2.05) is 26.0 Å². The van der Waals surface area contributed by atoms with E-state index in [0.717, 1.165) is 44.2 Å². The second-order valence-electron chi connectivity index (χ2n) is 7.43. The predicted molar refractivity (Wildman–Crippen MR) is 105 cm³/mol. The molecule has 0 aliphatic carbocycles. The van der Waals surface area contributed by atoms with Crippen molar-refractivity contribution in [3.05, 3.63) is 34.9 Å². The average Bonchev–Trinajstić information content (AvgIpc) is 2.68. The van der Waals surface area contributed by atoms with Crippen LogP contribution in [-0.4, -0.2) is 57.8 Å². The Labute approximate surface area is 166 Å². The molecule has 0 spiro atoms. The monoisotopic (exact) mass is 397 g/mol. The summed E-state index contributed by atoms with van der Waals surface area (Å²) in [4.78, 5) is 27.1. The normalized spacial score (nSPS) is 21.9. The van der Waals surface area contributed by atoms with Crippen LogP contribution in [0.1, 0.15) is 25.8 Å². The zero-order chi connectivity index (χ0) is 19.8. The summed E-state index contributed by atoms with van der Waals surface area (Å²) in [5.41, 5.74) is 1.28. The number of esters is 1. The molecule has 0 unspecified atom stereocenters. The first-order valence-corrected chi connectivity index (χ1v) is 10.1. The Morgan fingerprint density at radius 1 is 1.15 bits per heavy atom. The Morgan fingerprint density at radius 3 is 2.30 bits per heavy atom. The van der Waals surface area contributed by atoms with E-state index in [2.05, 4.69) is 17.4 Å². The van der Waals surface area contributed by atoms with Gasteiger partial charge in [0.25, 0.3) is 5.91 Å². The number of methoxy groups -OCH3 is 1. The molecule has 1 aromatic carbocycles. The van der Waals surface area contributed by atoms with Crippen LogP contribution in [0.15, 0.2) is 24.3 Å². The molecular weight excluding hydrogens is 366 g/mol. The molecule has 1 aliphatic heterocycles. The SMILES string of the molecule is CC[C@@H](C)[C@@H](NC(=O)C[NH+]1CC[NH+](Cc2ccc(Cl)cc2)CC1)C(=O)OC. The molecule has 1 aliphatic rings. The van der Waals surface area contributed by atoms with E-state index in [1.54, 1.807) is 0 Å². The highest BCUT2D eigenvalue weighted by molar-refractivity contribution is 6.30. The lowest BCUT2D eigenvalue weighted by molar-refractivity contribution is -1.02. The highest BCUT2D eigenvalue weighted by atomic mass is 35.5. The van der Waals surface area contributed by atoms with Crippen molar-refractivity contribution in [1.82, 2.24) is 5.32 Å².